The number of thioether (sulfide) groups is 1. The van der Waals surface area contributed by atoms with Crippen molar-refractivity contribution in [2.24, 2.45) is 11.7 Å². The van der Waals surface area contributed by atoms with Crippen molar-refractivity contribution >= 4 is 27.7 Å². The Balaban J connectivity index is 2.31. The minimum absolute atomic E-state index is 0.309. The summed E-state index contributed by atoms with van der Waals surface area (Å²) in [5.74, 6) is 1.74. The van der Waals surface area contributed by atoms with Crippen LogP contribution in [0.25, 0.3) is 0 Å². The van der Waals surface area contributed by atoms with E-state index >= 15 is 0 Å². The Kier molecular flexibility index (Phi) is 6.47. The summed E-state index contributed by atoms with van der Waals surface area (Å²) in [6, 6.07) is 8.71. The molecule has 1 aromatic carbocycles. The Morgan fingerprint density at radius 3 is 2.50 bits per heavy atom. The molecule has 0 saturated heterocycles. The fraction of sp³-hybridized carbons (Fsp3) is 0.538. The van der Waals surface area contributed by atoms with Crippen LogP contribution in [0.3, 0.4) is 0 Å². The Morgan fingerprint density at radius 1 is 1.31 bits per heavy atom. The molecule has 0 saturated carbocycles. The zero-order valence-electron chi connectivity index (χ0n) is 9.95. The number of rotatable bonds is 6. The first kappa shape index (κ1) is 14.1. The van der Waals surface area contributed by atoms with Crippen LogP contribution in [0.4, 0.5) is 0 Å². The molecule has 0 amide bonds. The highest BCUT2D eigenvalue weighted by Crippen LogP contribution is 2.22. The quantitative estimate of drug-likeness (QED) is 0.793. The summed E-state index contributed by atoms with van der Waals surface area (Å²) in [5.41, 5.74) is 6.10. The summed E-state index contributed by atoms with van der Waals surface area (Å²) in [6.07, 6.45) is 2.34. The molecule has 0 aromatic heterocycles. The second-order valence-corrected chi connectivity index (χ2v) is 6.28. The molecule has 0 aliphatic heterocycles. The first-order chi connectivity index (χ1) is 7.61. The number of benzene rings is 1. The maximum Gasteiger partial charge on any atom is 0.0176 e. The highest BCUT2D eigenvalue weighted by Gasteiger charge is 2.08. The molecular weight excluding hydrogens is 282 g/mol. The van der Waals surface area contributed by atoms with E-state index in [0.29, 0.717) is 6.04 Å². The zero-order chi connectivity index (χ0) is 12.0. The topological polar surface area (TPSA) is 26.0 Å². The van der Waals surface area contributed by atoms with Crippen LogP contribution in [0, 0.1) is 5.92 Å². The van der Waals surface area contributed by atoms with Gasteiger partial charge in [0.25, 0.3) is 0 Å². The summed E-state index contributed by atoms with van der Waals surface area (Å²) < 4.78 is 1.13. The van der Waals surface area contributed by atoms with Gasteiger partial charge in [-0.25, -0.2) is 0 Å². The number of hydrogen-bond acceptors (Lipinski definition) is 2. The van der Waals surface area contributed by atoms with Crippen molar-refractivity contribution in [1.82, 2.24) is 0 Å². The van der Waals surface area contributed by atoms with Crippen LogP contribution in [0.15, 0.2) is 33.6 Å². The molecule has 2 atom stereocenters. The van der Waals surface area contributed by atoms with Gasteiger partial charge < -0.3 is 5.73 Å². The maximum atomic E-state index is 6.10. The zero-order valence-corrected chi connectivity index (χ0v) is 12.4. The smallest absolute Gasteiger partial charge is 0.0176 e. The monoisotopic (exact) mass is 301 g/mol. The molecule has 1 aromatic rings. The van der Waals surface area contributed by atoms with Crippen LogP contribution in [0.5, 0.6) is 0 Å². The minimum atomic E-state index is 0.309. The van der Waals surface area contributed by atoms with E-state index in [4.69, 9.17) is 5.73 Å². The lowest BCUT2D eigenvalue weighted by Gasteiger charge is -2.15. The lowest BCUT2D eigenvalue weighted by Crippen LogP contribution is -2.25. The summed E-state index contributed by atoms with van der Waals surface area (Å²) in [6.45, 7) is 4.49. The van der Waals surface area contributed by atoms with Crippen LogP contribution in [-0.2, 0) is 0 Å². The SMILES string of the molecule is CCC(C)CC(N)CSc1ccc(Br)cc1. The first-order valence-electron chi connectivity index (χ1n) is 5.75. The molecule has 0 fully saturated rings. The van der Waals surface area contributed by atoms with Crippen molar-refractivity contribution in [3.05, 3.63) is 28.7 Å². The van der Waals surface area contributed by atoms with E-state index in [1.54, 1.807) is 0 Å². The van der Waals surface area contributed by atoms with Gasteiger partial charge in [-0.1, -0.05) is 36.2 Å². The first-order valence-corrected chi connectivity index (χ1v) is 7.53. The normalized spacial score (nSPS) is 14.8. The van der Waals surface area contributed by atoms with Gasteiger partial charge >= 0.3 is 0 Å². The second-order valence-electron chi connectivity index (χ2n) is 4.27. The van der Waals surface area contributed by atoms with E-state index in [1.807, 2.05) is 11.8 Å². The van der Waals surface area contributed by atoms with Gasteiger partial charge in [-0.15, -0.1) is 11.8 Å². The van der Waals surface area contributed by atoms with Crippen LogP contribution in [0.1, 0.15) is 26.7 Å². The van der Waals surface area contributed by atoms with E-state index in [0.717, 1.165) is 22.6 Å². The average Bonchev–Trinajstić information content (AvgIpc) is 2.28. The van der Waals surface area contributed by atoms with Crippen LogP contribution in [0.2, 0.25) is 0 Å². The van der Waals surface area contributed by atoms with Crippen molar-refractivity contribution in [1.29, 1.82) is 0 Å². The van der Waals surface area contributed by atoms with Gasteiger partial charge in [0, 0.05) is 21.2 Å². The number of nitrogens with two attached hydrogens (primary N) is 1. The third-order valence-corrected chi connectivity index (χ3v) is 4.41. The van der Waals surface area contributed by atoms with Crippen molar-refractivity contribution in [3.63, 3.8) is 0 Å². The molecule has 16 heavy (non-hydrogen) atoms. The van der Waals surface area contributed by atoms with Gasteiger partial charge in [-0.3, -0.25) is 0 Å². The van der Waals surface area contributed by atoms with Gasteiger partial charge in [0.15, 0.2) is 0 Å². The number of halogens is 1. The highest BCUT2D eigenvalue weighted by molar-refractivity contribution is 9.10. The number of hydrogen-bond donors (Lipinski definition) is 1. The van der Waals surface area contributed by atoms with Crippen LogP contribution in [-0.4, -0.2) is 11.8 Å². The van der Waals surface area contributed by atoms with E-state index in [2.05, 4.69) is 54.0 Å². The maximum absolute atomic E-state index is 6.10. The fourth-order valence-electron chi connectivity index (χ4n) is 1.49. The van der Waals surface area contributed by atoms with Crippen LogP contribution >= 0.6 is 27.7 Å². The van der Waals surface area contributed by atoms with Crippen LogP contribution < -0.4 is 5.73 Å². The molecule has 0 radical (unpaired) electrons. The highest BCUT2D eigenvalue weighted by atomic mass is 79.9. The summed E-state index contributed by atoms with van der Waals surface area (Å²) in [5, 5.41) is 0. The summed E-state index contributed by atoms with van der Waals surface area (Å²) in [7, 11) is 0. The second kappa shape index (κ2) is 7.36. The molecular formula is C13H20BrNS. The summed E-state index contributed by atoms with van der Waals surface area (Å²) >= 11 is 5.28. The Morgan fingerprint density at radius 2 is 1.94 bits per heavy atom. The van der Waals surface area contributed by atoms with Crippen molar-refractivity contribution in [2.45, 2.75) is 37.6 Å². The Hall–Kier alpha value is 0.01000. The van der Waals surface area contributed by atoms with Gasteiger partial charge in [0.2, 0.25) is 0 Å². The van der Waals surface area contributed by atoms with Gasteiger partial charge in [-0.2, -0.15) is 0 Å². The van der Waals surface area contributed by atoms with Gasteiger partial charge in [0.1, 0.15) is 0 Å². The van der Waals surface area contributed by atoms with E-state index in [9.17, 15) is 0 Å². The standard InChI is InChI=1S/C13H20BrNS/c1-3-10(2)8-12(15)9-16-13-6-4-11(14)5-7-13/h4-7,10,12H,3,8-9,15H2,1-2H3. The molecule has 0 heterocycles. The van der Waals surface area contributed by atoms with E-state index < -0.39 is 0 Å². The molecule has 1 nitrogen and oxygen atoms in total. The predicted molar refractivity (Wildman–Crippen MR) is 76.9 cm³/mol. The van der Waals surface area contributed by atoms with E-state index in [1.165, 1.54) is 11.3 Å². The van der Waals surface area contributed by atoms with Gasteiger partial charge in [0.05, 0.1) is 0 Å². The molecule has 90 valence electrons. The molecule has 1 rings (SSSR count). The molecule has 2 N–H and O–H groups in total. The fourth-order valence-corrected chi connectivity index (χ4v) is 2.62. The third-order valence-electron chi connectivity index (χ3n) is 2.68. The summed E-state index contributed by atoms with van der Waals surface area (Å²) in [4.78, 5) is 1.29. The average molecular weight is 302 g/mol. The molecule has 0 spiro atoms. The molecule has 0 aliphatic rings. The molecule has 3 heteroatoms. The van der Waals surface area contributed by atoms with Crippen molar-refractivity contribution < 1.29 is 0 Å². The Labute approximate surface area is 111 Å². The van der Waals surface area contributed by atoms with Crippen molar-refractivity contribution in [2.75, 3.05) is 5.75 Å². The minimum Gasteiger partial charge on any atom is -0.327 e. The molecule has 0 aliphatic carbocycles. The Bertz CT molecular complexity index is 299. The lowest BCUT2D eigenvalue weighted by molar-refractivity contribution is 0.472. The largest absolute Gasteiger partial charge is 0.327 e. The van der Waals surface area contributed by atoms with Crippen molar-refractivity contribution in [3.8, 4) is 0 Å². The molecule has 2 unspecified atom stereocenters. The van der Waals surface area contributed by atoms with E-state index in [-0.39, 0.29) is 0 Å². The third kappa shape index (κ3) is 5.37. The molecule has 0 bridgehead atoms. The lowest BCUT2D eigenvalue weighted by atomic mass is 10.0. The van der Waals surface area contributed by atoms with Gasteiger partial charge in [-0.05, 0) is 36.6 Å². The predicted octanol–water partition coefficient (Wildman–Crippen LogP) is 4.30.